The molecule has 7 heteroatoms. The van der Waals surface area contributed by atoms with Crippen LogP contribution in [0.4, 0.5) is 24.5 Å². The number of hydrogen-bond donors (Lipinski definition) is 1. The number of rotatable bonds is 1. The van der Waals surface area contributed by atoms with Crippen LogP contribution in [-0.2, 0) is 0 Å². The van der Waals surface area contributed by atoms with Crippen molar-refractivity contribution < 1.29 is 18.1 Å². The van der Waals surface area contributed by atoms with Crippen molar-refractivity contribution in [3.8, 4) is 0 Å². The predicted molar refractivity (Wildman–Crippen MR) is 37.4 cm³/mol. The van der Waals surface area contributed by atoms with Gasteiger partial charge in [-0.05, 0) is 0 Å². The minimum absolute atomic E-state index is 0.0732. The Kier molecular flexibility index (Phi) is 2.09. The third kappa shape index (κ3) is 1.40. The first kappa shape index (κ1) is 9.30. The average Bonchev–Trinajstić information content (AvgIpc) is 1.99. The number of benzene rings is 1. The Balaban J connectivity index is 3.53. The predicted octanol–water partition coefficient (Wildman–Crippen LogP) is 1.59. The van der Waals surface area contributed by atoms with Gasteiger partial charge < -0.3 is 5.73 Å². The van der Waals surface area contributed by atoms with Crippen LogP contribution < -0.4 is 5.73 Å². The van der Waals surface area contributed by atoms with Crippen LogP contribution in [-0.4, -0.2) is 4.92 Å². The number of nitrogens with two attached hydrogens (primary N) is 1. The summed E-state index contributed by atoms with van der Waals surface area (Å²) in [5.41, 5.74) is 2.40. The van der Waals surface area contributed by atoms with E-state index in [1.807, 2.05) is 0 Å². The van der Waals surface area contributed by atoms with Crippen LogP contribution in [0.2, 0.25) is 0 Å². The molecule has 0 amide bonds. The molecule has 0 unspecified atom stereocenters. The van der Waals surface area contributed by atoms with Gasteiger partial charge in [-0.3, -0.25) is 10.1 Å². The standard InChI is InChI=1S/C6H3F3N2O2/c7-2-1-3(8)6(11(12)13)5(10)4(2)9/h1H,10H2. The van der Waals surface area contributed by atoms with Crippen molar-refractivity contribution >= 4 is 11.4 Å². The van der Waals surface area contributed by atoms with Crippen molar-refractivity contribution in [2.45, 2.75) is 0 Å². The van der Waals surface area contributed by atoms with E-state index in [1.165, 1.54) is 0 Å². The Bertz CT molecular complexity index is 381. The molecule has 0 saturated carbocycles. The zero-order chi connectivity index (χ0) is 10.2. The molecule has 2 N–H and O–H groups in total. The molecule has 70 valence electrons. The number of nitrogens with zero attached hydrogens (tertiary/aromatic N) is 1. The van der Waals surface area contributed by atoms with E-state index in [2.05, 4.69) is 0 Å². The fourth-order valence-corrected chi connectivity index (χ4v) is 0.790. The van der Waals surface area contributed by atoms with Gasteiger partial charge in [0.05, 0.1) is 4.92 Å². The first-order valence-electron chi connectivity index (χ1n) is 3.02. The van der Waals surface area contributed by atoms with Gasteiger partial charge in [0.1, 0.15) is 0 Å². The quantitative estimate of drug-likeness (QED) is 0.318. The monoisotopic (exact) mass is 192 g/mol. The Morgan fingerprint density at radius 3 is 2.31 bits per heavy atom. The largest absolute Gasteiger partial charge is 0.391 e. The Hall–Kier alpha value is -1.79. The molecule has 1 aromatic rings. The summed E-state index contributed by atoms with van der Waals surface area (Å²) in [7, 11) is 0. The van der Waals surface area contributed by atoms with Crippen molar-refractivity contribution in [1.82, 2.24) is 0 Å². The Morgan fingerprint density at radius 1 is 1.31 bits per heavy atom. The molecule has 0 aromatic heterocycles. The van der Waals surface area contributed by atoms with Crippen molar-refractivity contribution in [3.63, 3.8) is 0 Å². The highest BCUT2D eigenvalue weighted by Gasteiger charge is 2.25. The minimum Gasteiger partial charge on any atom is -0.391 e. The lowest BCUT2D eigenvalue weighted by Gasteiger charge is -2.00. The van der Waals surface area contributed by atoms with Gasteiger partial charge in [0.15, 0.2) is 17.3 Å². The zero-order valence-corrected chi connectivity index (χ0v) is 6.05. The van der Waals surface area contributed by atoms with Gasteiger partial charge in [-0.15, -0.1) is 0 Å². The summed E-state index contributed by atoms with van der Waals surface area (Å²) in [6.45, 7) is 0. The van der Waals surface area contributed by atoms with Gasteiger partial charge in [0.2, 0.25) is 5.82 Å². The highest BCUT2D eigenvalue weighted by Crippen LogP contribution is 2.29. The van der Waals surface area contributed by atoms with Crippen LogP contribution >= 0.6 is 0 Å². The molecule has 0 fully saturated rings. The van der Waals surface area contributed by atoms with Gasteiger partial charge in [-0.25, -0.2) is 8.78 Å². The molecule has 0 atom stereocenters. The molecule has 0 bridgehead atoms. The van der Waals surface area contributed by atoms with Gasteiger partial charge in [0.25, 0.3) is 0 Å². The molecular formula is C6H3F3N2O2. The van der Waals surface area contributed by atoms with Gasteiger partial charge >= 0.3 is 5.69 Å². The van der Waals surface area contributed by atoms with E-state index >= 15 is 0 Å². The molecule has 0 aliphatic heterocycles. The molecule has 0 heterocycles. The van der Waals surface area contributed by atoms with Crippen LogP contribution in [0.1, 0.15) is 0 Å². The molecule has 1 rings (SSSR count). The number of nitro benzene ring substituents is 1. The van der Waals surface area contributed by atoms with E-state index in [1.54, 1.807) is 0 Å². The third-order valence-electron chi connectivity index (χ3n) is 1.36. The SMILES string of the molecule is Nc1c(F)c(F)cc(F)c1[N+](=O)[O-]. The summed E-state index contributed by atoms with van der Waals surface area (Å²) in [4.78, 5) is 8.89. The smallest absolute Gasteiger partial charge is 0.330 e. The van der Waals surface area contributed by atoms with Crippen LogP contribution in [0.15, 0.2) is 6.07 Å². The van der Waals surface area contributed by atoms with Crippen molar-refractivity contribution in [2.75, 3.05) is 5.73 Å². The minimum atomic E-state index is -1.62. The van der Waals surface area contributed by atoms with E-state index in [0.29, 0.717) is 0 Å². The summed E-state index contributed by atoms with van der Waals surface area (Å²) < 4.78 is 37.5. The second-order valence-electron chi connectivity index (χ2n) is 2.17. The summed E-state index contributed by atoms with van der Waals surface area (Å²) >= 11 is 0. The lowest BCUT2D eigenvalue weighted by Crippen LogP contribution is -2.03. The first-order valence-corrected chi connectivity index (χ1v) is 3.02. The third-order valence-corrected chi connectivity index (χ3v) is 1.36. The number of hydrogen-bond acceptors (Lipinski definition) is 3. The van der Waals surface area contributed by atoms with Crippen LogP contribution in [0, 0.1) is 27.6 Å². The number of halogens is 3. The van der Waals surface area contributed by atoms with E-state index in [9.17, 15) is 23.3 Å². The van der Waals surface area contributed by atoms with Gasteiger partial charge in [-0.1, -0.05) is 0 Å². The number of anilines is 1. The second kappa shape index (κ2) is 2.92. The molecular weight excluding hydrogens is 189 g/mol. The van der Waals surface area contributed by atoms with E-state index < -0.39 is 33.7 Å². The van der Waals surface area contributed by atoms with Crippen molar-refractivity contribution in [3.05, 3.63) is 33.6 Å². The maximum Gasteiger partial charge on any atom is 0.330 e. The molecule has 0 spiro atoms. The van der Waals surface area contributed by atoms with Gasteiger partial charge in [0, 0.05) is 6.07 Å². The maximum atomic E-state index is 12.6. The topological polar surface area (TPSA) is 69.2 Å². The lowest BCUT2D eigenvalue weighted by molar-refractivity contribution is -0.386. The summed E-state index contributed by atoms with van der Waals surface area (Å²) in [6.07, 6.45) is 0. The van der Waals surface area contributed by atoms with Crippen LogP contribution in [0.3, 0.4) is 0 Å². The van der Waals surface area contributed by atoms with Crippen molar-refractivity contribution in [1.29, 1.82) is 0 Å². The molecule has 0 aliphatic rings. The fraction of sp³-hybridized carbons (Fsp3) is 0. The Labute approximate surface area is 69.9 Å². The normalized spacial score (nSPS) is 10.1. The van der Waals surface area contributed by atoms with Crippen LogP contribution in [0.5, 0.6) is 0 Å². The van der Waals surface area contributed by atoms with Gasteiger partial charge in [-0.2, -0.15) is 4.39 Å². The fourth-order valence-electron chi connectivity index (χ4n) is 0.790. The number of nitro groups is 1. The summed E-state index contributed by atoms with van der Waals surface area (Å²) in [6, 6.07) is 0.0732. The molecule has 1 aromatic carbocycles. The molecule has 0 aliphatic carbocycles. The lowest BCUT2D eigenvalue weighted by atomic mass is 10.2. The second-order valence-corrected chi connectivity index (χ2v) is 2.17. The van der Waals surface area contributed by atoms with E-state index in [4.69, 9.17) is 5.73 Å². The van der Waals surface area contributed by atoms with Crippen molar-refractivity contribution in [2.24, 2.45) is 0 Å². The molecule has 13 heavy (non-hydrogen) atoms. The average molecular weight is 192 g/mol. The highest BCUT2D eigenvalue weighted by atomic mass is 19.2. The zero-order valence-electron chi connectivity index (χ0n) is 6.05. The molecule has 4 nitrogen and oxygen atoms in total. The Morgan fingerprint density at radius 2 is 1.85 bits per heavy atom. The maximum absolute atomic E-state index is 12.6. The van der Waals surface area contributed by atoms with E-state index in [0.717, 1.165) is 0 Å². The summed E-state index contributed by atoms with van der Waals surface area (Å²) in [5, 5.41) is 10.1. The molecule has 0 radical (unpaired) electrons. The summed E-state index contributed by atoms with van der Waals surface area (Å²) in [5.74, 6) is -4.67. The first-order chi connectivity index (χ1) is 5.95. The highest BCUT2D eigenvalue weighted by molar-refractivity contribution is 5.59. The number of nitrogen functional groups attached to an aromatic ring is 1. The van der Waals surface area contributed by atoms with E-state index in [-0.39, 0.29) is 6.07 Å². The molecule has 0 saturated heterocycles. The van der Waals surface area contributed by atoms with Crippen LogP contribution in [0.25, 0.3) is 0 Å².